The van der Waals surface area contributed by atoms with E-state index in [1.807, 2.05) is 13.8 Å². The molecule has 4 nitrogen and oxygen atoms in total. The Morgan fingerprint density at radius 2 is 1.65 bits per heavy atom. The van der Waals surface area contributed by atoms with E-state index in [1.54, 1.807) is 0 Å². The average Bonchev–Trinajstić information content (AvgIpc) is 2.07. The van der Waals surface area contributed by atoms with Crippen LogP contribution in [0.1, 0.15) is 48.0 Å². The van der Waals surface area contributed by atoms with Crippen molar-refractivity contribution >= 4 is 11.9 Å². The summed E-state index contributed by atoms with van der Waals surface area (Å²) < 4.78 is 5.15. The van der Waals surface area contributed by atoms with Crippen molar-refractivity contribution in [2.24, 2.45) is 10.8 Å². The third kappa shape index (κ3) is 7.77. The van der Waals surface area contributed by atoms with E-state index >= 15 is 0 Å². The molecule has 0 aromatic rings. The topological polar surface area (TPSA) is 55.4 Å². The number of carbonyl (C=O) groups excluding carboxylic acids is 2. The highest BCUT2D eigenvalue weighted by atomic mass is 16.5. The monoisotopic (exact) mass is 243 g/mol. The maximum Gasteiger partial charge on any atom is 0.311 e. The second-order valence-corrected chi connectivity index (χ2v) is 6.24. The molecule has 1 N–H and O–H groups in total. The Balaban J connectivity index is 4.08. The maximum absolute atomic E-state index is 11.9. The molecular formula is C13H25NO3. The number of ether oxygens (including phenoxy) is 1. The van der Waals surface area contributed by atoms with Crippen LogP contribution in [0.3, 0.4) is 0 Å². The Kier molecular flexibility index (Phi) is 5.66. The lowest BCUT2D eigenvalue weighted by molar-refractivity contribution is -0.155. The molecule has 0 bridgehead atoms. The highest BCUT2D eigenvalue weighted by Crippen LogP contribution is 2.33. The summed E-state index contributed by atoms with van der Waals surface area (Å²) in [5.74, 6) is -0.326. The lowest BCUT2D eigenvalue weighted by atomic mass is 9.76. The van der Waals surface area contributed by atoms with E-state index in [0.717, 1.165) is 6.42 Å². The summed E-state index contributed by atoms with van der Waals surface area (Å²) in [5, 5.41) is 2.58. The zero-order valence-corrected chi connectivity index (χ0v) is 11.8. The molecule has 0 aliphatic heterocycles. The number of rotatable bonds is 5. The molecule has 4 heteroatoms. The lowest BCUT2D eigenvalue weighted by Gasteiger charge is -2.30. The fourth-order valence-corrected chi connectivity index (χ4v) is 1.96. The predicted molar refractivity (Wildman–Crippen MR) is 67.5 cm³/mol. The second-order valence-electron chi connectivity index (χ2n) is 6.24. The molecule has 100 valence electrons. The standard InChI is InChI=1S/C13H25NO3/c1-10(15)14-7-8-17-11(16)13(5,6)9-12(2,3)4/h7-9H2,1-6H3,(H,14,15). The second kappa shape index (κ2) is 6.03. The van der Waals surface area contributed by atoms with E-state index in [-0.39, 0.29) is 23.9 Å². The van der Waals surface area contributed by atoms with Gasteiger partial charge in [-0.15, -0.1) is 0 Å². The Morgan fingerprint density at radius 3 is 2.06 bits per heavy atom. The van der Waals surface area contributed by atoms with Crippen LogP contribution < -0.4 is 5.32 Å². The highest BCUT2D eigenvalue weighted by Gasteiger charge is 2.33. The molecule has 0 saturated carbocycles. The molecule has 17 heavy (non-hydrogen) atoms. The Morgan fingerprint density at radius 1 is 1.12 bits per heavy atom. The van der Waals surface area contributed by atoms with Crippen LogP contribution in [0.15, 0.2) is 0 Å². The van der Waals surface area contributed by atoms with Crippen LogP contribution in [-0.2, 0) is 14.3 Å². The van der Waals surface area contributed by atoms with Crippen LogP contribution >= 0.6 is 0 Å². The Bertz CT molecular complexity index is 277. The van der Waals surface area contributed by atoms with Gasteiger partial charge in [0.15, 0.2) is 0 Å². The van der Waals surface area contributed by atoms with Crippen LogP contribution in [0.4, 0.5) is 0 Å². The lowest BCUT2D eigenvalue weighted by Crippen LogP contribution is -2.33. The summed E-state index contributed by atoms with van der Waals surface area (Å²) in [7, 11) is 0. The number of esters is 1. The minimum atomic E-state index is -0.492. The maximum atomic E-state index is 11.9. The molecular weight excluding hydrogens is 218 g/mol. The van der Waals surface area contributed by atoms with Gasteiger partial charge in [0, 0.05) is 6.92 Å². The zero-order chi connectivity index (χ0) is 13.7. The molecule has 0 heterocycles. The van der Waals surface area contributed by atoms with Crippen molar-refractivity contribution < 1.29 is 14.3 Å². The van der Waals surface area contributed by atoms with Gasteiger partial charge in [-0.05, 0) is 25.7 Å². The SMILES string of the molecule is CC(=O)NCCOC(=O)C(C)(C)CC(C)(C)C. The van der Waals surface area contributed by atoms with Crippen molar-refractivity contribution in [2.45, 2.75) is 48.0 Å². The largest absolute Gasteiger partial charge is 0.463 e. The first kappa shape index (κ1) is 15.9. The number of nitrogens with one attached hydrogen (secondary N) is 1. The average molecular weight is 243 g/mol. The zero-order valence-electron chi connectivity index (χ0n) is 11.8. The highest BCUT2D eigenvalue weighted by molar-refractivity contribution is 5.76. The summed E-state index contributed by atoms with van der Waals surface area (Å²) in [5.41, 5.74) is -0.408. The van der Waals surface area contributed by atoms with Gasteiger partial charge < -0.3 is 10.1 Å². The van der Waals surface area contributed by atoms with Crippen LogP contribution in [0.5, 0.6) is 0 Å². The van der Waals surface area contributed by atoms with E-state index < -0.39 is 5.41 Å². The van der Waals surface area contributed by atoms with Gasteiger partial charge in [-0.25, -0.2) is 0 Å². The Labute approximate surface area is 104 Å². The van der Waals surface area contributed by atoms with Gasteiger partial charge in [0.1, 0.15) is 6.61 Å². The van der Waals surface area contributed by atoms with Gasteiger partial charge in [-0.1, -0.05) is 20.8 Å². The first-order valence-electron chi connectivity index (χ1n) is 5.96. The van der Waals surface area contributed by atoms with E-state index in [0.29, 0.717) is 6.54 Å². The third-order valence-corrected chi connectivity index (χ3v) is 2.23. The molecule has 0 saturated heterocycles. The Hall–Kier alpha value is -1.06. The van der Waals surface area contributed by atoms with Gasteiger partial charge >= 0.3 is 5.97 Å². The number of carbonyl (C=O) groups is 2. The quantitative estimate of drug-likeness (QED) is 0.594. The molecule has 0 rings (SSSR count). The van der Waals surface area contributed by atoms with Crippen molar-refractivity contribution in [3.8, 4) is 0 Å². The van der Waals surface area contributed by atoms with Crippen molar-refractivity contribution in [1.29, 1.82) is 0 Å². The summed E-state index contributed by atoms with van der Waals surface area (Å²) in [6.45, 7) is 12.1. The summed E-state index contributed by atoms with van der Waals surface area (Å²) >= 11 is 0. The minimum Gasteiger partial charge on any atom is -0.463 e. The fraction of sp³-hybridized carbons (Fsp3) is 0.846. The van der Waals surface area contributed by atoms with Crippen molar-refractivity contribution in [3.05, 3.63) is 0 Å². The third-order valence-electron chi connectivity index (χ3n) is 2.23. The van der Waals surface area contributed by atoms with E-state index in [4.69, 9.17) is 4.74 Å². The summed E-state index contributed by atoms with van der Waals surface area (Å²) in [6, 6.07) is 0. The van der Waals surface area contributed by atoms with Crippen molar-refractivity contribution in [2.75, 3.05) is 13.2 Å². The molecule has 0 aromatic heterocycles. The van der Waals surface area contributed by atoms with Gasteiger partial charge in [-0.3, -0.25) is 9.59 Å². The van der Waals surface area contributed by atoms with Gasteiger partial charge in [0.05, 0.1) is 12.0 Å². The summed E-state index contributed by atoms with van der Waals surface area (Å²) in [4.78, 5) is 22.5. The molecule has 0 spiro atoms. The number of hydrogen-bond donors (Lipinski definition) is 1. The van der Waals surface area contributed by atoms with E-state index in [1.165, 1.54) is 6.92 Å². The van der Waals surface area contributed by atoms with Gasteiger partial charge in [-0.2, -0.15) is 0 Å². The van der Waals surface area contributed by atoms with E-state index in [2.05, 4.69) is 26.1 Å². The smallest absolute Gasteiger partial charge is 0.311 e. The van der Waals surface area contributed by atoms with Crippen LogP contribution in [0, 0.1) is 10.8 Å². The molecule has 1 amide bonds. The van der Waals surface area contributed by atoms with Crippen molar-refractivity contribution in [1.82, 2.24) is 5.32 Å². The molecule has 0 radical (unpaired) electrons. The van der Waals surface area contributed by atoms with Crippen LogP contribution in [0.25, 0.3) is 0 Å². The first-order valence-corrected chi connectivity index (χ1v) is 5.96. The molecule has 0 fully saturated rings. The van der Waals surface area contributed by atoms with Crippen LogP contribution in [0.2, 0.25) is 0 Å². The van der Waals surface area contributed by atoms with Gasteiger partial charge in [0.25, 0.3) is 0 Å². The molecule has 0 aromatic carbocycles. The van der Waals surface area contributed by atoms with E-state index in [9.17, 15) is 9.59 Å². The normalized spacial score (nSPS) is 12.1. The number of hydrogen-bond acceptors (Lipinski definition) is 3. The predicted octanol–water partition coefficient (Wildman–Crippen LogP) is 2.13. The van der Waals surface area contributed by atoms with Crippen LogP contribution in [-0.4, -0.2) is 25.0 Å². The fourth-order valence-electron chi connectivity index (χ4n) is 1.96. The van der Waals surface area contributed by atoms with Crippen molar-refractivity contribution in [3.63, 3.8) is 0 Å². The number of amides is 1. The molecule has 0 atom stereocenters. The molecule has 0 aliphatic carbocycles. The van der Waals surface area contributed by atoms with Gasteiger partial charge in [0.2, 0.25) is 5.91 Å². The molecule has 0 aliphatic rings. The molecule has 0 unspecified atom stereocenters. The summed E-state index contributed by atoms with van der Waals surface area (Å²) in [6.07, 6.45) is 0.763. The first-order chi connectivity index (χ1) is 7.54. The minimum absolute atomic E-state index is 0.0835.